The second-order valence-corrected chi connectivity index (χ2v) is 13.9. The van der Waals surface area contributed by atoms with E-state index < -0.39 is 61.4 Å². The van der Waals surface area contributed by atoms with Gasteiger partial charge >= 0.3 is 18.1 Å². The van der Waals surface area contributed by atoms with E-state index in [2.05, 4.69) is 0 Å². The van der Waals surface area contributed by atoms with Crippen molar-refractivity contribution in [1.82, 2.24) is 4.90 Å². The zero-order valence-electron chi connectivity index (χ0n) is 27.3. The molecule has 14 heteroatoms. The van der Waals surface area contributed by atoms with Gasteiger partial charge in [-0.15, -0.1) is 0 Å². The number of sulfone groups is 1. The molecule has 51 heavy (non-hydrogen) atoms. The third-order valence-electron chi connectivity index (χ3n) is 7.76. The Balaban J connectivity index is 1.55. The van der Waals surface area contributed by atoms with E-state index in [-0.39, 0.29) is 30.4 Å². The molecular formula is C37H34ClF4NO7S. The number of benzene rings is 4. The van der Waals surface area contributed by atoms with Crippen molar-refractivity contribution < 1.29 is 50.1 Å². The molecule has 0 aromatic heterocycles. The maximum Gasteiger partial charge on any atom is 0.417 e. The van der Waals surface area contributed by atoms with Crippen molar-refractivity contribution in [3.05, 3.63) is 142 Å². The fourth-order valence-electron chi connectivity index (χ4n) is 5.38. The minimum Gasteiger partial charge on any atom is -0.493 e. The average molecular weight is 748 g/mol. The molecule has 0 aliphatic carbocycles. The Hall–Kier alpha value is -4.72. The highest BCUT2D eigenvalue weighted by molar-refractivity contribution is 7.90. The molecule has 0 bridgehead atoms. The lowest BCUT2D eigenvalue weighted by Crippen LogP contribution is -2.31. The van der Waals surface area contributed by atoms with E-state index in [0.29, 0.717) is 31.7 Å². The van der Waals surface area contributed by atoms with Crippen molar-refractivity contribution in [2.24, 2.45) is 0 Å². The van der Waals surface area contributed by atoms with Crippen molar-refractivity contribution >= 4 is 33.4 Å². The molecule has 4 aromatic carbocycles. The highest BCUT2D eigenvalue weighted by atomic mass is 35.5. The summed E-state index contributed by atoms with van der Waals surface area (Å²) in [6, 6.07) is 25.1. The van der Waals surface area contributed by atoms with Crippen LogP contribution in [0.1, 0.15) is 40.2 Å². The van der Waals surface area contributed by atoms with Gasteiger partial charge in [-0.2, -0.15) is 13.2 Å². The van der Waals surface area contributed by atoms with Crippen molar-refractivity contribution in [2.75, 3.05) is 26.0 Å². The number of hydrogen-bond acceptors (Lipinski definition) is 7. The molecular weight excluding hydrogens is 714 g/mol. The molecule has 0 radical (unpaired) electrons. The molecule has 8 nitrogen and oxygen atoms in total. The van der Waals surface area contributed by atoms with Crippen molar-refractivity contribution in [3.8, 4) is 5.75 Å². The smallest absolute Gasteiger partial charge is 0.417 e. The summed E-state index contributed by atoms with van der Waals surface area (Å²) in [5.41, 5.74) is 0.882. The van der Waals surface area contributed by atoms with Crippen molar-refractivity contribution in [1.29, 1.82) is 0 Å². The Kier molecular flexibility index (Phi) is 13.4. The second kappa shape index (κ2) is 17.5. The second-order valence-electron chi connectivity index (χ2n) is 11.5. The molecule has 4 aromatic rings. The minimum absolute atomic E-state index is 0.0227. The monoisotopic (exact) mass is 747 g/mol. The van der Waals surface area contributed by atoms with Gasteiger partial charge in [-0.3, -0.25) is 4.90 Å². The minimum atomic E-state index is -4.64. The van der Waals surface area contributed by atoms with Crippen LogP contribution in [0.4, 0.5) is 17.6 Å². The summed E-state index contributed by atoms with van der Waals surface area (Å²) in [5, 5.41) is 8.25. The Labute approximate surface area is 297 Å². The summed E-state index contributed by atoms with van der Waals surface area (Å²) in [4.78, 5) is 23.9. The van der Waals surface area contributed by atoms with Gasteiger partial charge < -0.3 is 14.6 Å². The molecule has 0 saturated carbocycles. The number of alkyl halides is 3. The first-order chi connectivity index (χ1) is 24.1. The molecule has 0 spiro atoms. The lowest BCUT2D eigenvalue weighted by molar-refractivity contribution is -0.140. The van der Waals surface area contributed by atoms with Gasteiger partial charge in [0.05, 0.1) is 22.1 Å². The SMILES string of the molecule is CS(=O)(=O)c1cc(OCCCN(Cc2cccc(C(F)(F)F)c2Cl)CC(c2ccccc2)c2ccccc2)cc(F)c1COC(=O)/C=C/C(=O)O. The lowest BCUT2D eigenvalue weighted by Gasteiger charge is -2.29. The van der Waals surface area contributed by atoms with Gasteiger partial charge in [-0.25, -0.2) is 22.4 Å². The van der Waals surface area contributed by atoms with Crippen LogP contribution in [-0.4, -0.2) is 56.3 Å². The normalized spacial score (nSPS) is 12.1. The molecule has 0 heterocycles. The van der Waals surface area contributed by atoms with E-state index >= 15 is 4.39 Å². The molecule has 0 aliphatic rings. The van der Waals surface area contributed by atoms with Crippen LogP contribution in [-0.2, 0) is 43.5 Å². The molecule has 0 aliphatic heterocycles. The number of carboxylic acids is 1. The van der Waals surface area contributed by atoms with Crippen LogP contribution in [0.2, 0.25) is 5.02 Å². The third kappa shape index (κ3) is 11.4. The molecule has 0 unspecified atom stereocenters. The number of carbonyl (C=O) groups is 2. The number of aliphatic carboxylic acids is 1. The highest BCUT2D eigenvalue weighted by Gasteiger charge is 2.34. The summed E-state index contributed by atoms with van der Waals surface area (Å²) in [7, 11) is -4.04. The van der Waals surface area contributed by atoms with Crippen LogP contribution in [0, 0.1) is 5.82 Å². The Morgan fingerprint density at radius 3 is 2.14 bits per heavy atom. The Bertz CT molecular complexity index is 1920. The summed E-state index contributed by atoms with van der Waals surface area (Å²) in [5.74, 6) is -3.84. The number of nitrogens with zero attached hydrogens (tertiary/aromatic N) is 1. The van der Waals surface area contributed by atoms with Crippen molar-refractivity contribution in [3.63, 3.8) is 0 Å². The molecule has 1 N–H and O–H groups in total. The summed E-state index contributed by atoms with van der Waals surface area (Å²) >= 11 is 6.29. The molecule has 0 amide bonds. The predicted octanol–water partition coefficient (Wildman–Crippen LogP) is 7.69. The van der Waals surface area contributed by atoms with E-state index in [9.17, 15) is 31.2 Å². The van der Waals surface area contributed by atoms with Gasteiger partial charge in [-0.1, -0.05) is 84.4 Å². The molecule has 0 fully saturated rings. The zero-order valence-corrected chi connectivity index (χ0v) is 28.8. The highest BCUT2D eigenvalue weighted by Crippen LogP contribution is 2.37. The quantitative estimate of drug-likeness (QED) is 0.0538. The zero-order chi connectivity index (χ0) is 37.2. The topological polar surface area (TPSA) is 110 Å². The maximum absolute atomic E-state index is 15.2. The summed E-state index contributed by atoms with van der Waals surface area (Å²) in [6.07, 6.45) is -2.38. The average Bonchev–Trinajstić information content (AvgIpc) is 3.07. The Morgan fingerprint density at radius 2 is 1.57 bits per heavy atom. The van der Waals surface area contributed by atoms with Crippen LogP contribution in [0.15, 0.2) is 108 Å². The van der Waals surface area contributed by atoms with Gasteiger partial charge in [0, 0.05) is 55.6 Å². The van der Waals surface area contributed by atoms with Gasteiger partial charge in [0.15, 0.2) is 9.84 Å². The largest absolute Gasteiger partial charge is 0.493 e. The van der Waals surface area contributed by atoms with Gasteiger partial charge in [0.2, 0.25) is 0 Å². The van der Waals surface area contributed by atoms with E-state index in [1.54, 1.807) is 0 Å². The van der Waals surface area contributed by atoms with E-state index in [1.165, 1.54) is 12.1 Å². The van der Waals surface area contributed by atoms with Gasteiger partial charge in [-0.05, 0) is 35.2 Å². The molecule has 0 saturated heterocycles. The number of hydrogen-bond donors (Lipinski definition) is 1. The van der Waals surface area contributed by atoms with Crippen LogP contribution >= 0.6 is 11.6 Å². The fourth-order valence-corrected chi connectivity index (χ4v) is 6.61. The number of rotatable bonds is 16. The summed E-state index contributed by atoms with van der Waals surface area (Å²) < 4.78 is 91.9. The van der Waals surface area contributed by atoms with E-state index in [1.807, 2.05) is 65.6 Å². The number of esters is 1. The van der Waals surface area contributed by atoms with E-state index in [0.717, 1.165) is 35.6 Å². The first kappa shape index (κ1) is 39.1. The van der Waals surface area contributed by atoms with Gasteiger partial charge in [0.25, 0.3) is 0 Å². The van der Waals surface area contributed by atoms with Crippen LogP contribution in [0.5, 0.6) is 5.75 Å². The van der Waals surface area contributed by atoms with Crippen LogP contribution in [0.3, 0.4) is 0 Å². The van der Waals surface area contributed by atoms with Crippen LogP contribution < -0.4 is 4.74 Å². The van der Waals surface area contributed by atoms with Gasteiger partial charge in [0.1, 0.15) is 18.2 Å². The third-order valence-corrected chi connectivity index (χ3v) is 9.37. The fraction of sp³-hybridized carbons (Fsp3) is 0.243. The first-order valence-corrected chi connectivity index (χ1v) is 17.8. The van der Waals surface area contributed by atoms with E-state index in [4.69, 9.17) is 26.2 Å². The number of halogens is 5. The van der Waals surface area contributed by atoms with Crippen LogP contribution in [0.25, 0.3) is 0 Å². The summed E-state index contributed by atoms with van der Waals surface area (Å²) in [6.45, 7) is -0.0368. The lowest BCUT2D eigenvalue weighted by atomic mass is 9.90. The number of ether oxygens (including phenoxy) is 2. The number of carboxylic acid groups (broad SMARTS) is 1. The Morgan fingerprint density at radius 1 is 0.941 bits per heavy atom. The molecule has 270 valence electrons. The standard InChI is InChI=1S/C37H34ClF4NO7S/c1-51(47,48)33-21-28(20-32(39)30(33)24-50-35(46)17-16-34(44)45)49-19-9-18-43(22-27-14-8-15-31(36(27)38)37(40,41)42)23-29(25-10-4-2-5-11-25)26-12-6-3-7-13-26/h2-8,10-17,20-21,29H,9,18-19,22-24H2,1H3,(H,44,45)/b17-16+. The molecule has 0 atom stereocenters. The molecule has 4 rings (SSSR count). The predicted molar refractivity (Wildman–Crippen MR) is 183 cm³/mol. The number of carbonyl (C=O) groups excluding carboxylic acids is 1. The first-order valence-electron chi connectivity index (χ1n) is 15.5. The van der Waals surface area contributed by atoms with Crippen molar-refractivity contribution in [2.45, 2.75) is 36.6 Å². The maximum atomic E-state index is 15.2.